The van der Waals surface area contributed by atoms with Gasteiger partial charge in [0.1, 0.15) is 17.9 Å². The van der Waals surface area contributed by atoms with Crippen molar-refractivity contribution in [2.24, 2.45) is 0 Å². The van der Waals surface area contributed by atoms with Crippen LogP contribution in [0, 0.1) is 20.8 Å². The molecule has 1 aliphatic rings. The van der Waals surface area contributed by atoms with Crippen LogP contribution in [-0.2, 0) is 13.1 Å². The van der Waals surface area contributed by atoms with E-state index >= 15 is 0 Å². The molecule has 1 aromatic heterocycles. The smallest absolute Gasteiger partial charge is 0.255 e. The number of rotatable bonds is 5. The van der Waals surface area contributed by atoms with Crippen LogP contribution < -0.4 is 10.1 Å². The van der Waals surface area contributed by atoms with Crippen molar-refractivity contribution >= 4 is 17.4 Å². The van der Waals surface area contributed by atoms with Crippen LogP contribution in [0.3, 0.4) is 0 Å². The van der Waals surface area contributed by atoms with Crippen LogP contribution in [-0.4, -0.2) is 27.9 Å². The minimum atomic E-state index is 0.0777. The van der Waals surface area contributed by atoms with Gasteiger partial charge in [-0.05, 0) is 61.7 Å². The number of hydrogen-bond donors (Lipinski definition) is 1. The van der Waals surface area contributed by atoms with Gasteiger partial charge in [0.15, 0.2) is 0 Å². The molecule has 6 heteroatoms. The lowest BCUT2D eigenvalue weighted by atomic mass is 10.0. The standard InChI is InChI=1S/C23H24N4O2/c1-14-9-19(26-22-15(2)16(3)24-13-25-22)10-18-12-27(23(28)21(14)18)11-17-5-7-20(29-4)8-6-17/h5-10,13H,11-12H2,1-4H3,(H,24,25,26). The number of carbonyl (C=O) groups is 1. The number of aryl methyl sites for hydroxylation is 2. The zero-order valence-corrected chi connectivity index (χ0v) is 17.1. The van der Waals surface area contributed by atoms with Crippen LogP contribution in [0.5, 0.6) is 5.75 Å². The summed E-state index contributed by atoms with van der Waals surface area (Å²) >= 11 is 0. The summed E-state index contributed by atoms with van der Waals surface area (Å²) in [6.07, 6.45) is 1.56. The second kappa shape index (κ2) is 7.54. The molecule has 0 radical (unpaired) electrons. The van der Waals surface area contributed by atoms with Crippen molar-refractivity contribution in [2.75, 3.05) is 12.4 Å². The van der Waals surface area contributed by atoms with Gasteiger partial charge < -0.3 is 15.0 Å². The SMILES string of the molecule is COc1ccc(CN2Cc3cc(Nc4ncnc(C)c4C)cc(C)c3C2=O)cc1. The minimum absolute atomic E-state index is 0.0777. The summed E-state index contributed by atoms with van der Waals surface area (Å²) in [4.78, 5) is 23.4. The second-order valence-corrected chi connectivity index (χ2v) is 7.39. The summed E-state index contributed by atoms with van der Waals surface area (Å²) in [5.41, 5.74) is 6.78. The number of aromatic nitrogens is 2. The highest BCUT2D eigenvalue weighted by Gasteiger charge is 2.29. The number of fused-ring (bicyclic) bond motifs is 1. The first-order chi connectivity index (χ1) is 14.0. The number of ether oxygens (including phenoxy) is 1. The maximum Gasteiger partial charge on any atom is 0.255 e. The Morgan fingerprint density at radius 3 is 2.59 bits per heavy atom. The quantitative estimate of drug-likeness (QED) is 0.705. The summed E-state index contributed by atoms with van der Waals surface area (Å²) in [6.45, 7) is 7.11. The van der Waals surface area contributed by atoms with Gasteiger partial charge in [-0.1, -0.05) is 12.1 Å². The minimum Gasteiger partial charge on any atom is -0.497 e. The number of nitrogens with zero attached hydrogens (tertiary/aromatic N) is 3. The van der Waals surface area contributed by atoms with E-state index in [1.807, 2.05) is 62.1 Å². The fraction of sp³-hybridized carbons (Fsp3) is 0.261. The van der Waals surface area contributed by atoms with Gasteiger partial charge >= 0.3 is 0 Å². The Labute approximate surface area is 170 Å². The predicted molar refractivity (Wildman–Crippen MR) is 113 cm³/mol. The van der Waals surface area contributed by atoms with Gasteiger partial charge in [-0.3, -0.25) is 4.79 Å². The number of carbonyl (C=O) groups excluding carboxylic acids is 1. The third-order valence-corrected chi connectivity index (χ3v) is 5.41. The van der Waals surface area contributed by atoms with Crippen LogP contribution in [0.25, 0.3) is 0 Å². The van der Waals surface area contributed by atoms with E-state index in [1.54, 1.807) is 13.4 Å². The van der Waals surface area contributed by atoms with Crippen LogP contribution >= 0.6 is 0 Å². The lowest BCUT2D eigenvalue weighted by Gasteiger charge is -2.16. The van der Waals surface area contributed by atoms with Gasteiger partial charge in [-0.15, -0.1) is 0 Å². The van der Waals surface area contributed by atoms with Crippen molar-refractivity contribution in [3.8, 4) is 5.75 Å². The molecule has 2 heterocycles. The van der Waals surface area contributed by atoms with E-state index in [-0.39, 0.29) is 5.91 Å². The highest BCUT2D eigenvalue weighted by atomic mass is 16.5. The van der Waals surface area contributed by atoms with Gasteiger partial charge in [-0.25, -0.2) is 9.97 Å². The van der Waals surface area contributed by atoms with E-state index in [2.05, 4.69) is 15.3 Å². The highest BCUT2D eigenvalue weighted by molar-refractivity contribution is 6.00. The van der Waals surface area contributed by atoms with Crippen molar-refractivity contribution in [1.82, 2.24) is 14.9 Å². The molecule has 2 aromatic carbocycles. The summed E-state index contributed by atoms with van der Waals surface area (Å²) in [5, 5.41) is 3.38. The molecule has 1 N–H and O–H groups in total. The zero-order valence-electron chi connectivity index (χ0n) is 17.1. The average Bonchev–Trinajstić information content (AvgIpc) is 3.02. The van der Waals surface area contributed by atoms with Gasteiger partial charge in [0.2, 0.25) is 0 Å². The molecular weight excluding hydrogens is 364 g/mol. The number of nitrogens with one attached hydrogen (secondary N) is 1. The first-order valence-corrected chi connectivity index (χ1v) is 9.57. The van der Waals surface area contributed by atoms with Gasteiger partial charge in [0.05, 0.1) is 7.11 Å². The van der Waals surface area contributed by atoms with Crippen LogP contribution in [0.1, 0.15) is 38.3 Å². The van der Waals surface area contributed by atoms with E-state index < -0.39 is 0 Å². The Morgan fingerprint density at radius 2 is 1.86 bits per heavy atom. The summed E-state index contributed by atoms with van der Waals surface area (Å²) in [6, 6.07) is 11.9. The van der Waals surface area contributed by atoms with Crippen LogP contribution in [0.2, 0.25) is 0 Å². The molecule has 0 atom stereocenters. The topological polar surface area (TPSA) is 67.3 Å². The van der Waals surface area contributed by atoms with E-state index in [9.17, 15) is 4.79 Å². The summed E-state index contributed by atoms with van der Waals surface area (Å²) in [5.74, 6) is 1.68. The van der Waals surface area contributed by atoms with E-state index in [0.717, 1.165) is 50.8 Å². The normalized spacial score (nSPS) is 12.8. The van der Waals surface area contributed by atoms with Crippen molar-refractivity contribution in [1.29, 1.82) is 0 Å². The molecule has 0 saturated carbocycles. The molecule has 0 unspecified atom stereocenters. The van der Waals surface area contributed by atoms with Gasteiger partial charge in [-0.2, -0.15) is 0 Å². The molecule has 0 fully saturated rings. The second-order valence-electron chi connectivity index (χ2n) is 7.39. The molecule has 0 spiro atoms. The Hall–Kier alpha value is -3.41. The van der Waals surface area contributed by atoms with E-state index in [1.165, 1.54) is 0 Å². The van der Waals surface area contributed by atoms with Crippen molar-refractivity contribution in [3.63, 3.8) is 0 Å². The molecule has 1 aliphatic heterocycles. The van der Waals surface area contributed by atoms with Crippen molar-refractivity contribution < 1.29 is 9.53 Å². The average molecular weight is 388 g/mol. The molecule has 0 aliphatic carbocycles. The van der Waals surface area contributed by atoms with E-state index in [0.29, 0.717) is 13.1 Å². The molecule has 29 heavy (non-hydrogen) atoms. The maximum atomic E-state index is 13.0. The lowest BCUT2D eigenvalue weighted by Crippen LogP contribution is -2.23. The van der Waals surface area contributed by atoms with Crippen LogP contribution in [0.4, 0.5) is 11.5 Å². The molecule has 0 bridgehead atoms. The first-order valence-electron chi connectivity index (χ1n) is 9.57. The van der Waals surface area contributed by atoms with Crippen molar-refractivity contribution in [2.45, 2.75) is 33.9 Å². The van der Waals surface area contributed by atoms with Gasteiger partial charge in [0, 0.05) is 35.6 Å². The molecule has 6 nitrogen and oxygen atoms in total. The lowest BCUT2D eigenvalue weighted by molar-refractivity contribution is 0.0766. The molecule has 3 aromatic rings. The Kier molecular flexibility index (Phi) is 4.92. The molecule has 148 valence electrons. The summed E-state index contributed by atoms with van der Waals surface area (Å²) in [7, 11) is 1.65. The van der Waals surface area contributed by atoms with Gasteiger partial charge in [0.25, 0.3) is 5.91 Å². The third kappa shape index (κ3) is 3.66. The largest absolute Gasteiger partial charge is 0.497 e. The Balaban J connectivity index is 1.56. The number of hydrogen-bond acceptors (Lipinski definition) is 5. The Bertz CT molecular complexity index is 1080. The van der Waals surface area contributed by atoms with Crippen molar-refractivity contribution in [3.05, 3.63) is 76.2 Å². The maximum absolute atomic E-state index is 13.0. The fourth-order valence-electron chi connectivity index (χ4n) is 3.68. The fourth-order valence-corrected chi connectivity index (χ4v) is 3.68. The predicted octanol–water partition coefficient (Wildman–Crippen LogP) is 4.31. The molecule has 0 saturated heterocycles. The first kappa shape index (κ1) is 18.9. The summed E-state index contributed by atoms with van der Waals surface area (Å²) < 4.78 is 5.21. The highest BCUT2D eigenvalue weighted by Crippen LogP contribution is 2.31. The Morgan fingerprint density at radius 1 is 1.10 bits per heavy atom. The van der Waals surface area contributed by atoms with Crippen LogP contribution in [0.15, 0.2) is 42.7 Å². The number of anilines is 2. The molecule has 4 rings (SSSR count). The monoisotopic (exact) mass is 388 g/mol. The number of methoxy groups -OCH3 is 1. The number of amides is 1. The number of benzene rings is 2. The third-order valence-electron chi connectivity index (χ3n) is 5.41. The zero-order chi connectivity index (χ0) is 20.5. The molecular formula is C23H24N4O2. The molecule has 1 amide bonds. The van der Waals surface area contributed by atoms with E-state index in [4.69, 9.17) is 4.74 Å².